The van der Waals surface area contributed by atoms with Crippen molar-refractivity contribution < 1.29 is 28.6 Å². The number of piperidine rings is 1. The van der Waals surface area contributed by atoms with Gasteiger partial charge in [0.1, 0.15) is 34.2 Å². The molecule has 1 N–H and O–H groups in total. The van der Waals surface area contributed by atoms with E-state index in [1.54, 1.807) is 36.3 Å². The number of carbonyl (C=O) groups excluding carboxylic acids is 3. The minimum atomic E-state index is -0.669. The molecule has 2 aromatic rings. The van der Waals surface area contributed by atoms with Gasteiger partial charge in [0.2, 0.25) is 5.91 Å². The Morgan fingerprint density at radius 1 is 1.16 bits per heavy atom. The molecule has 2 aliphatic rings. The van der Waals surface area contributed by atoms with Crippen LogP contribution in [0.15, 0.2) is 30.5 Å². The fourth-order valence-electron chi connectivity index (χ4n) is 4.24. The van der Waals surface area contributed by atoms with Gasteiger partial charge in [-0.2, -0.15) is 0 Å². The van der Waals surface area contributed by atoms with Crippen molar-refractivity contribution in [1.29, 1.82) is 0 Å². The molecule has 0 unspecified atom stereocenters. The summed E-state index contributed by atoms with van der Waals surface area (Å²) in [5.41, 5.74) is 0.206. The number of ketones is 1. The Hall–Kier alpha value is -3.62. The molecule has 2 amide bonds. The number of likely N-dealkylation sites (tertiary alicyclic amines) is 1. The maximum absolute atomic E-state index is 13.0. The lowest BCUT2D eigenvalue weighted by atomic mass is 9.82. The van der Waals surface area contributed by atoms with Crippen LogP contribution < -0.4 is 19.5 Å². The van der Waals surface area contributed by atoms with Crippen molar-refractivity contribution in [2.75, 3.05) is 32.6 Å². The Balaban J connectivity index is 1.50. The van der Waals surface area contributed by atoms with Crippen LogP contribution in [0.1, 0.15) is 46.9 Å². The highest BCUT2D eigenvalue weighted by molar-refractivity contribution is 6.03. The molecule has 1 spiro atoms. The molecule has 0 atom stereocenters. The molecule has 32 heavy (non-hydrogen) atoms. The van der Waals surface area contributed by atoms with E-state index in [1.807, 2.05) is 0 Å². The molecule has 0 aliphatic carbocycles. The highest BCUT2D eigenvalue weighted by Gasteiger charge is 2.45. The number of nitrogens with zero attached hydrogens (tertiary/aromatic N) is 2. The van der Waals surface area contributed by atoms with E-state index in [4.69, 9.17) is 14.2 Å². The second-order valence-electron chi connectivity index (χ2n) is 7.99. The monoisotopic (exact) mass is 439 g/mol. The van der Waals surface area contributed by atoms with Crippen molar-refractivity contribution in [3.8, 4) is 17.2 Å². The summed E-state index contributed by atoms with van der Waals surface area (Å²) in [5.74, 6) is 1.31. The van der Waals surface area contributed by atoms with E-state index >= 15 is 0 Å². The van der Waals surface area contributed by atoms with Crippen LogP contribution in [0.3, 0.4) is 0 Å². The Morgan fingerprint density at radius 3 is 2.56 bits per heavy atom. The van der Waals surface area contributed by atoms with Gasteiger partial charge in [-0.05, 0) is 12.1 Å². The number of anilines is 1. The first kappa shape index (κ1) is 21.6. The number of hydrogen-bond donors (Lipinski definition) is 1. The number of aromatic nitrogens is 1. The number of pyridine rings is 1. The number of carbonyl (C=O) groups is 3. The highest BCUT2D eigenvalue weighted by Crippen LogP contribution is 2.44. The quantitative estimate of drug-likeness (QED) is 0.780. The number of benzene rings is 1. The van der Waals surface area contributed by atoms with Crippen molar-refractivity contribution in [2.24, 2.45) is 0 Å². The Kier molecular flexibility index (Phi) is 5.73. The van der Waals surface area contributed by atoms with Gasteiger partial charge in [-0.25, -0.2) is 4.98 Å². The molecule has 0 saturated carbocycles. The van der Waals surface area contributed by atoms with E-state index in [1.165, 1.54) is 20.2 Å². The van der Waals surface area contributed by atoms with Crippen LogP contribution >= 0.6 is 0 Å². The molecule has 4 rings (SSSR count). The van der Waals surface area contributed by atoms with Gasteiger partial charge >= 0.3 is 0 Å². The third-order valence-electron chi connectivity index (χ3n) is 5.86. The first-order valence-corrected chi connectivity index (χ1v) is 10.4. The summed E-state index contributed by atoms with van der Waals surface area (Å²) in [4.78, 5) is 43.0. The fraction of sp³-hybridized carbons (Fsp3) is 0.391. The minimum absolute atomic E-state index is 0.0420. The molecule has 9 heteroatoms. The summed E-state index contributed by atoms with van der Waals surface area (Å²) in [6.07, 6.45) is 2.76. The van der Waals surface area contributed by atoms with Gasteiger partial charge in [0.25, 0.3) is 5.91 Å². The number of methoxy groups -OCH3 is 2. The number of amides is 2. The van der Waals surface area contributed by atoms with Gasteiger partial charge in [-0.1, -0.05) is 0 Å². The standard InChI is InChI=1S/C23H25N3O6/c1-14(27)25-20-10-15(4-7-24-20)22(29)26-8-5-23(6-9-26)13-17(28)21-18(31-3)11-16(30-2)12-19(21)32-23/h4,7,10-12H,5-6,8-9,13H2,1-3H3,(H,24,25,27). The zero-order chi connectivity index (χ0) is 22.9. The molecule has 0 bridgehead atoms. The Labute approximate surface area is 185 Å². The van der Waals surface area contributed by atoms with Crippen molar-refractivity contribution in [1.82, 2.24) is 9.88 Å². The molecular weight excluding hydrogens is 414 g/mol. The Morgan fingerprint density at radius 2 is 1.91 bits per heavy atom. The molecule has 1 saturated heterocycles. The lowest BCUT2D eigenvalue weighted by Crippen LogP contribution is -2.52. The van der Waals surface area contributed by atoms with E-state index in [2.05, 4.69) is 10.3 Å². The number of fused-ring (bicyclic) bond motifs is 1. The number of ether oxygens (including phenoxy) is 3. The maximum atomic E-state index is 13.0. The van der Waals surface area contributed by atoms with E-state index in [9.17, 15) is 14.4 Å². The van der Waals surface area contributed by atoms with Crippen LogP contribution in [0.2, 0.25) is 0 Å². The first-order chi connectivity index (χ1) is 15.3. The summed E-state index contributed by atoms with van der Waals surface area (Å²) in [5, 5.41) is 2.58. The predicted octanol–water partition coefficient (Wildman–Crippen LogP) is 2.70. The third kappa shape index (κ3) is 4.10. The summed E-state index contributed by atoms with van der Waals surface area (Å²) in [6.45, 7) is 2.27. The first-order valence-electron chi connectivity index (χ1n) is 10.4. The molecule has 1 fully saturated rings. The van der Waals surface area contributed by atoms with E-state index in [0.29, 0.717) is 60.1 Å². The molecule has 2 aliphatic heterocycles. The summed E-state index contributed by atoms with van der Waals surface area (Å²) in [6, 6.07) is 6.55. The molecule has 9 nitrogen and oxygen atoms in total. The van der Waals surface area contributed by atoms with Gasteiger partial charge in [0, 0.05) is 56.7 Å². The zero-order valence-electron chi connectivity index (χ0n) is 18.3. The molecule has 3 heterocycles. The van der Waals surface area contributed by atoms with Crippen molar-refractivity contribution in [3.05, 3.63) is 41.6 Å². The number of rotatable bonds is 4. The maximum Gasteiger partial charge on any atom is 0.254 e. The van der Waals surface area contributed by atoms with Crippen LogP contribution in [0, 0.1) is 0 Å². The molecule has 168 valence electrons. The van der Waals surface area contributed by atoms with Crippen molar-refractivity contribution >= 4 is 23.4 Å². The van der Waals surface area contributed by atoms with Gasteiger partial charge < -0.3 is 24.4 Å². The topological polar surface area (TPSA) is 107 Å². The molecule has 0 radical (unpaired) electrons. The number of Topliss-reactive ketones (excluding diaryl/α,β-unsaturated/α-hetero) is 1. The average Bonchev–Trinajstić information content (AvgIpc) is 2.77. The van der Waals surface area contributed by atoms with Crippen molar-refractivity contribution in [3.63, 3.8) is 0 Å². The van der Waals surface area contributed by atoms with Gasteiger partial charge in [0.15, 0.2) is 5.78 Å². The SMILES string of the molecule is COc1cc(OC)c2c(c1)OC1(CCN(C(=O)c3ccnc(NC(C)=O)c3)CC1)CC2=O. The lowest BCUT2D eigenvalue weighted by molar-refractivity contribution is -0.114. The molecule has 1 aromatic heterocycles. The summed E-state index contributed by atoms with van der Waals surface area (Å²) in [7, 11) is 3.05. The predicted molar refractivity (Wildman–Crippen MR) is 116 cm³/mol. The number of hydrogen-bond acceptors (Lipinski definition) is 7. The second kappa shape index (κ2) is 8.49. The lowest BCUT2D eigenvalue weighted by Gasteiger charge is -2.44. The zero-order valence-corrected chi connectivity index (χ0v) is 18.3. The normalized spacial score (nSPS) is 16.7. The van der Waals surface area contributed by atoms with Gasteiger partial charge in [0.05, 0.1) is 20.6 Å². The van der Waals surface area contributed by atoms with E-state index in [0.717, 1.165) is 0 Å². The highest BCUT2D eigenvalue weighted by atomic mass is 16.5. The van der Waals surface area contributed by atoms with Crippen LogP contribution in [0.25, 0.3) is 0 Å². The Bertz CT molecular complexity index is 1080. The summed E-state index contributed by atoms with van der Waals surface area (Å²) >= 11 is 0. The average molecular weight is 439 g/mol. The second-order valence-corrected chi connectivity index (χ2v) is 7.99. The summed E-state index contributed by atoms with van der Waals surface area (Å²) < 4.78 is 17.0. The van der Waals surface area contributed by atoms with Crippen LogP contribution in [-0.2, 0) is 4.79 Å². The van der Waals surface area contributed by atoms with Gasteiger partial charge in [-0.15, -0.1) is 0 Å². The van der Waals surface area contributed by atoms with Gasteiger partial charge in [-0.3, -0.25) is 14.4 Å². The number of nitrogens with one attached hydrogen (secondary N) is 1. The third-order valence-corrected chi connectivity index (χ3v) is 5.86. The fourth-order valence-corrected chi connectivity index (χ4v) is 4.24. The molecule has 1 aromatic carbocycles. The minimum Gasteiger partial charge on any atom is -0.496 e. The van der Waals surface area contributed by atoms with Crippen LogP contribution in [0.5, 0.6) is 17.2 Å². The van der Waals surface area contributed by atoms with Crippen molar-refractivity contribution in [2.45, 2.75) is 31.8 Å². The van der Waals surface area contributed by atoms with Crippen LogP contribution in [-0.4, -0.2) is 60.4 Å². The van der Waals surface area contributed by atoms with E-state index < -0.39 is 5.60 Å². The molecular formula is C23H25N3O6. The van der Waals surface area contributed by atoms with Crippen LogP contribution in [0.4, 0.5) is 5.82 Å². The van der Waals surface area contributed by atoms with E-state index in [-0.39, 0.29) is 24.0 Å². The largest absolute Gasteiger partial charge is 0.496 e. The smallest absolute Gasteiger partial charge is 0.254 e.